The SMILES string of the molecule is CCOc1cccc(CNC(=O)c2ccc(N(C)S(=O)(=O)c3ccc(SC)cc3)cc2)c1. The van der Waals surface area contributed by atoms with Crippen molar-refractivity contribution in [2.75, 3.05) is 24.2 Å². The summed E-state index contributed by atoms with van der Waals surface area (Å²) in [6.45, 7) is 2.86. The topological polar surface area (TPSA) is 75.7 Å². The van der Waals surface area contributed by atoms with Crippen molar-refractivity contribution < 1.29 is 17.9 Å². The summed E-state index contributed by atoms with van der Waals surface area (Å²) in [5.41, 5.74) is 1.85. The molecule has 6 nitrogen and oxygen atoms in total. The predicted molar refractivity (Wildman–Crippen MR) is 129 cm³/mol. The van der Waals surface area contributed by atoms with Gasteiger partial charge in [-0.05, 0) is 79.4 Å². The molecule has 0 bridgehead atoms. The first-order valence-electron chi connectivity index (χ1n) is 10.1. The highest BCUT2D eigenvalue weighted by Gasteiger charge is 2.21. The number of amides is 1. The first kappa shape index (κ1) is 23.7. The maximum atomic E-state index is 12.9. The fraction of sp³-hybridized carbons (Fsp3) is 0.208. The molecule has 0 unspecified atom stereocenters. The van der Waals surface area contributed by atoms with Crippen LogP contribution in [0.2, 0.25) is 0 Å². The average molecular weight is 471 g/mol. The van der Waals surface area contributed by atoms with Gasteiger partial charge in [0.1, 0.15) is 5.75 Å². The monoisotopic (exact) mass is 470 g/mol. The lowest BCUT2D eigenvalue weighted by molar-refractivity contribution is 0.0951. The molecule has 0 aromatic heterocycles. The van der Waals surface area contributed by atoms with E-state index < -0.39 is 10.0 Å². The Kier molecular flexibility index (Phi) is 7.82. The van der Waals surface area contributed by atoms with Crippen molar-refractivity contribution >= 4 is 33.4 Å². The molecular formula is C24H26N2O4S2. The van der Waals surface area contributed by atoms with Crippen LogP contribution in [0.5, 0.6) is 5.75 Å². The third-order valence-electron chi connectivity index (χ3n) is 4.87. The molecule has 168 valence electrons. The van der Waals surface area contributed by atoms with Crippen molar-refractivity contribution in [2.24, 2.45) is 0 Å². The standard InChI is InChI=1S/C24H26N2O4S2/c1-4-30-21-7-5-6-18(16-21)17-25-24(27)19-8-10-20(11-9-19)26(2)32(28,29)23-14-12-22(31-3)13-15-23/h5-16H,4,17H2,1-3H3,(H,25,27). The molecule has 0 saturated heterocycles. The highest BCUT2D eigenvalue weighted by Crippen LogP contribution is 2.24. The molecule has 3 rings (SSSR count). The van der Waals surface area contributed by atoms with Crippen molar-refractivity contribution in [1.82, 2.24) is 5.32 Å². The second-order valence-corrected chi connectivity index (χ2v) is 9.81. The van der Waals surface area contributed by atoms with Gasteiger partial charge < -0.3 is 10.1 Å². The molecule has 0 fully saturated rings. The van der Waals surface area contributed by atoms with Crippen molar-refractivity contribution in [2.45, 2.75) is 23.3 Å². The minimum Gasteiger partial charge on any atom is -0.494 e. The van der Waals surface area contributed by atoms with E-state index in [9.17, 15) is 13.2 Å². The van der Waals surface area contributed by atoms with Gasteiger partial charge in [-0.1, -0.05) is 12.1 Å². The zero-order valence-corrected chi connectivity index (χ0v) is 19.9. The molecule has 0 saturated carbocycles. The van der Waals surface area contributed by atoms with Gasteiger partial charge in [-0.15, -0.1) is 11.8 Å². The zero-order chi connectivity index (χ0) is 23.1. The molecule has 1 N–H and O–H groups in total. The second kappa shape index (κ2) is 10.6. The Balaban J connectivity index is 1.66. The Morgan fingerprint density at radius 2 is 1.72 bits per heavy atom. The quantitative estimate of drug-likeness (QED) is 0.464. The van der Waals surface area contributed by atoms with Crippen molar-refractivity contribution in [3.63, 3.8) is 0 Å². The number of benzene rings is 3. The number of sulfonamides is 1. The van der Waals surface area contributed by atoms with Crippen LogP contribution in [0.4, 0.5) is 5.69 Å². The van der Waals surface area contributed by atoms with E-state index in [4.69, 9.17) is 4.74 Å². The van der Waals surface area contributed by atoms with Gasteiger partial charge in [0, 0.05) is 24.1 Å². The number of ether oxygens (including phenoxy) is 1. The average Bonchev–Trinajstić information content (AvgIpc) is 2.82. The molecule has 0 aliphatic heterocycles. The van der Waals surface area contributed by atoms with Crippen LogP contribution in [-0.2, 0) is 16.6 Å². The molecular weight excluding hydrogens is 444 g/mol. The van der Waals surface area contributed by atoms with Crippen LogP contribution in [0, 0.1) is 0 Å². The number of carbonyl (C=O) groups is 1. The first-order chi connectivity index (χ1) is 15.3. The van der Waals surface area contributed by atoms with Crippen LogP contribution < -0.4 is 14.4 Å². The third-order valence-corrected chi connectivity index (χ3v) is 7.42. The van der Waals surface area contributed by atoms with Gasteiger partial charge in [-0.2, -0.15) is 0 Å². The molecule has 0 aliphatic rings. The maximum Gasteiger partial charge on any atom is 0.264 e. The van der Waals surface area contributed by atoms with Crippen molar-refractivity contribution in [3.8, 4) is 5.75 Å². The molecule has 0 spiro atoms. The van der Waals surface area contributed by atoms with Gasteiger partial charge in [0.2, 0.25) is 0 Å². The number of thioether (sulfide) groups is 1. The van der Waals surface area contributed by atoms with Gasteiger partial charge in [-0.25, -0.2) is 8.42 Å². The van der Waals surface area contributed by atoms with E-state index in [2.05, 4.69) is 5.32 Å². The number of carbonyl (C=O) groups excluding carboxylic acids is 1. The second-order valence-electron chi connectivity index (χ2n) is 6.96. The van der Waals surface area contributed by atoms with Crippen LogP contribution >= 0.6 is 11.8 Å². The summed E-state index contributed by atoms with van der Waals surface area (Å²) in [4.78, 5) is 13.7. The van der Waals surface area contributed by atoms with Crippen LogP contribution in [0.1, 0.15) is 22.8 Å². The van der Waals surface area contributed by atoms with E-state index >= 15 is 0 Å². The fourth-order valence-corrected chi connectivity index (χ4v) is 4.67. The first-order valence-corrected chi connectivity index (χ1v) is 12.7. The lowest BCUT2D eigenvalue weighted by Crippen LogP contribution is -2.27. The summed E-state index contributed by atoms with van der Waals surface area (Å²) < 4.78 is 32.5. The summed E-state index contributed by atoms with van der Waals surface area (Å²) in [5, 5.41) is 2.87. The Labute approximate surface area is 193 Å². The minimum atomic E-state index is -3.69. The predicted octanol–water partition coefficient (Wildman–Crippen LogP) is 4.56. The molecule has 0 radical (unpaired) electrons. The van der Waals surface area contributed by atoms with E-state index in [0.717, 1.165) is 16.2 Å². The van der Waals surface area contributed by atoms with Crippen molar-refractivity contribution in [3.05, 3.63) is 83.9 Å². The molecule has 32 heavy (non-hydrogen) atoms. The van der Waals surface area contributed by atoms with E-state index in [1.165, 1.54) is 11.4 Å². The Morgan fingerprint density at radius 1 is 1.03 bits per heavy atom. The highest BCUT2D eigenvalue weighted by atomic mass is 32.2. The Morgan fingerprint density at radius 3 is 2.34 bits per heavy atom. The molecule has 8 heteroatoms. The molecule has 1 amide bonds. The number of nitrogens with zero attached hydrogens (tertiary/aromatic N) is 1. The van der Waals surface area contributed by atoms with Gasteiger partial charge in [0.05, 0.1) is 17.2 Å². The summed E-state index contributed by atoms with van der Waals surface area (Å²) in [5.74, 6) is 0.521. The van der Waals surface area contributed by atoms with E-state index in [0.29, 0.717) is 24.4 Å². The minimum absolute atomic E-state index is 0.217. The van der Waals surface area contributed by atoms with Crippen LogP contribution in [-0.4, -0.2) is 34.2 Å². The lowest BCUT2D eigenvalue weighted by atomic mass is 10.1. The van der Waals surface area contributed by atoms with Gasteiger partial charge in [0.25, 0.3) is 15.9 Å². The summed E-state index contributed by atoms with van der Waals surface area (Å²) >= 11 is 1.55. The number of hydrogen-bond donors (Lipinski definition) is 1. The van der Waals surface area contributed by atoms with Crippen LogP contribution in [0.3, 0.4) is 0 Å². The van der Waals surface area contributed by atoms with E-state index in [-0.39, 0.29) is 10.8 Å². The number of nitrogens with one attached hydrogen (secondary N) is 1. The molecule has 0 aliphatic carbocycles. The van der Waals surface area contributed by atoms with Crippen LogP contribution in [0.15, 0.2) is 82.6 Å². The molecule has 3 aromatic rings. The Bertz CT molecular complexity index is 1160. The summed E-state index contributed by atoms with van der Waals surface area (Å²) in [6, 6.07) is 20.8. The van der Waals surface area contributed by atoms with Gasteiger partial charge >= 0.3 is 0 Å². The van der Waals surface area contributed by atoms with Gasteiger partial charge in [0.15, 0.2) is 0 Å². The third kappa shape index (κ3) is 5.63. The van der Waals surface area contributed by atoms with E-state index in [1.807, 2.05) is 37.4 Å². The fourth-order valence-electron chi connectivity index (χ4n) is 3.06. The Hall–Kier alpha value is -2.97. The highest BCUT2D eigenvalue weighted by molar-refractivity contribution is 7.98. The molecule has 3 aromatic carbocycles. The summed E-state index contributed by atoms with van der Waals surface area (Å²) in [7, 11) is -2.20. The van der Waals surface area contributed by atoms with Gasteiger partial charge in [-0.3, -0.25) is 9.10 Å². The number of hydrogen-bond acceptors (Lipinski definition) is 5. The van der Waals surface area contributed by atoms with Crippen LogP contribution in [0.25, 0.3) is 0 Å². The number of anilines is 1. The smallest absolute Gasteiger partial charge is 0.264 e. The molecule has 0 atom stereocenters. The zero-order valence-electron chi connectivity index (χ0n) is 18.2. The normalized spacial score (nSPS) is 11.1. The van der Waals surface area contributed by atoms with Crippen molar-refractivity contribution in [1.29, 1.82) is 0 Å². The summed E-state index contributed by atoms with van der Waals surface area (Å²) in [6.07, 6.45) is 1.94. The number of rotatable bonds is 9. The lowest BCUT2D eigenvalue weighted by Gasteiger charge is -2.20. The van der Waals surface area contributed by atoms with E-state index in [1.54, 1.807) is 60.3 Å². The molecule has 0 heterocycles. The maximum absolute atomic E-state index is 12.9. The largest absolute Gasteiger partial charge is 0.494 e.